The zero-order chi connectivity index (χ0) is 13.2. The zero-order valence-corrected chi connectivity index (χ0v) is 11.6. The van der Waals surface area contributed by atoms with Crippen LogP contribution >= 0.6 is 0 Å². The molecule has 2 aliphatic carbocycles. The van der Waals surface area contributed by atoms with Crippen LogP contribution in [0.25, 0.3) is 0 Å². The molecule has 4 fully saturated rings. The van der Waals surface area contributed by atoms with Crippen molar-refractivity contribution in [1.82, 2.24) is 0 Å². The molecule has 8 atom stereocenters. The molecule has 0 amide bonds. The van der Waals surface area contributed by atoms with Gasteiger partial charge in [0.25, 0.3) is 0 Å². The fraction of sp³-hybridized carbons (Fsp3) is 0.867. The summed E-state index contributed by atoms with van der Waals surface area (Å²) in [7, 11) is 0. The molecule has 104 valence electrons. The van der Waals surface area contributed by atoms with Crippen LogP contribution in [-0.2, 0) is 14.2 Å². The van der Waals surface area contributed by atoms with E-state index in [0.29, 0.717) is 13.0 Å². The summed E-state index contributed by atoms with van der Waals surface area (Å²) >= 11 is 0. The fourth-order valence-corrected chi connectivity index (χ4v) is 5.32. The zero-order valence-electron chi connectivity index (χ0n) is 11.6. The van der Waals surface area contributed by atoms with Crippen molar-refractivity contribution in [3.63, 3.8) is 0 Å². The number of hydrogen-bond donors (Lipinski definition) is 1. The Morgan fingerprint density at radius 1 is 1.32 bits per heavy atom. The maximum absolute atomic E-state index is 10.7. The van der Waals surface area contributed by atoms with Gasteiger partial charge in [-0.15, -0.1) is 0 Å². The Morgan fingerprint density at radius 2 is 2.05 bits per heavy atom. The monoisotopic (exact) mass is 264 g/mol. The molecular weight excluding hydrogens is 244 g/mol. The number of ether oxygens (including phenoxy) is 3. The highest BCUT2D eigenvalue weighted by Crippen LogP contribution is 2.73. The van der Waals surface area contributed by atoms with Gasteiger partial charge in [0.15, 0.2) is 0 Å². The molecule has 5 rings (SSSR count). The summed E-state index contributed by atoms with van der Waals surface area (Å²) in [6.07, 6.45) is 3.00. The predicted molar refractivity (Wildman–Crippen MR) is 66.6 cm³/mol. The van der Waals surface area contributed by atoms with Gasteiger partial charge in [-0.25, -0.2) is 0 Å². The SMILES string of the molecule is CC1=C[C@H]2O[C@@H]3C[C@@H](O)[C@](C)([C@@]2(C)[C@H]2O[C@@H]12)[C@]31CO1. The third kappa shape index (κ3) is 0.907. The Kier molecular flexibility index (Phi) is 1.66. The average molecular weight is 264 g/mol. The Morgan fingerprint density at radius 3 is 2.74 bits per heavy atom. The van der Waals surface area contributed by atoms with E-state index >= 15 is 0 Å². The number of fused-ring (bicyclic) bond motifs is 4. The van der Waals surface area contributed by atoms with E-state index in [1.165, 1.54) is 5.57 Å². The summed E-state index contributed by atoms with van der Waals surface area (Å²) in [5, 5.41) is 10.7. The normalized spacial score (nSPS) is 68.4. The van der Waals surface area contributed by atoms with E-state index in [1.54, 1.807) is 0 Å². The minimum absolute atomic E-state index is 0.0323. The lowest BCUT2D eigenvalue weighted by Crippen LogP contribution is -2.66. The molecule has 5 aliphatic rings. The molecular formula is C15H20O4. The van der Waals surface area contributed by atoms with Crippen LogP contribution in [0, 0.1) is 10.8 Å². The van der Waals surface area contributed by atoms with Gasteiger partial charge in [0.05, 0.1) is 31.0 Å². The lowest BCUT2D eigenvalue weighted by atomic mass is 9.52. The summed E-state index contributed by atoms with van der Waals surface area (Å²) in [5.41, 5.74) is 0.537. The van der Waals surface area contributed by atoms with Crippen LogP contribution in [0.15, 0.2) is 11.6 Å². The smallest absolute Gasteiger partial charge is 0.126 e. The quantitative estimate of drug-likeness (QED) is 0.524. The molecule has 1 spiro atoms. The fourth-order valence-electron chi connectivity index (χ4n) is 5.32. The predicted octanol–water partition coefficient (Wildman–Crippen LogP) is 1.03. The van der Waals surface area contributed by atoms with Crippen LogP contribution in [-0.4, -0.2) is 47.8 Å². The molecule has 0 aromatic heterocycles. The highest BCUT2D eigenvalue weighted by atomic mass is 16.6. The Balaban J connectivity index is 1.73. The second-order valence-electron chi connectivity index (χ2n) is 7.35. The number of rotatable bonds is 0. The van der Waals surface area contributed by atoms with E-state index in [-0.39, 0.29) is 47.0 Å². The van der Waals surface area contributed by atoms with Crippen LogP contribution < -0.4 is 0 Å². The van der Waals surface area contributed by atoms with E-state index in [9.17, 15) is 5.11 Å². The summed E-state index contributed by atoms with van der Waals surface area (Å²) < 4.78 is 18.1. The second kappa shape index (κ2) is 2.80. The van der Waals surface area contributed by atoms with E-state index in [1.807, 2.05) is 0 Å². The third-order valence-electron chi connectivity index (χ3n) is 6.92. The number of hydrogen-bond acceptors (Lipinski definition) is 4. The average Bonchev–Trinajstić information content (AvgIpc) is 3.22. The van der Waals surface area contributed by atoms with Crippen molar-refractivity contribution in [3.05, 3.63) is 11.6 Å². The van der Waals surface area contributed by atoms with Crippen LogP contribution in [0.4, 0.5) is 0 Å². The maximum Gasteiger partial charge on any atom is 0.126 e. The van der Waals surface area contributed by atoms with Gasteiger partial charge in [0.2, 0.25) is 0 Å². The molecule has 0 unspecified atom stereocenters. The first-order valence-corrected chi connectivity index (χ1v) is 7.26. The van der Waals surface area contributed by atoms with E-state index in [4.69, 9.17) is 14.2 Å². The minimum Gasteiger partial charge on any atom is -0.392 e. The Hall–Kier alpha value is -0.420. The summed E-state index contributed by atoms with van der Waals surface area (Å²) in [4.78, 5) is 0. The first kappa shape index (κ1) is 11.3. The third-order valence-corrected chi connectivity index (χ3v) is 6.92. The Bertz CT molecular complexity index is 510. The van der Waals surface area contributed by atoms with Crippen molar-refractivity contribution in [1.29, 1.82) is 0 Å². The van der Waals surface area contributed by atoms with Crippen LogP contribution in [0.2, 0.25) is 0 Å². The van der Waals surface area contributed by atoms with Gasteiger partial charge in [-0.2, -0.15) is 0 Å². The minimum atomic E-state index is -0.369. The standard InChI is InChI=1S/C15H20O4/c1-7-4-9-13(2,12-11(7)19-12)14(3)8(16)5-10(18-9)15(14)6-17-15/h4,8-12,16H,5-6H2,1-3H3/t8-,9-,10-,11+,12+,13-,14-,15+/m1/s1. The van der Waals surface area contributed by atoms with Crippen LogP contribution in [0.1, 0.15) is 27.2 Å². The molecule has 3 heterocycles. The van der Waals surface area contributed by atoms with Gasteiger partial charge in [-0.3, -0.25) is 0 Å². The van der Waals surface area contributed by atoms with Gasteiger partial charge in [-0.05, 0) is 12.5 Å². The van der Waals surface area contributed by atoms with Crippen molar-refractivity contribution in [2.45, 2.75) is 63.3 Å². The second-order valence-corrected chi connectivity index (χ2v) is 7.35. The van der Waals surface area contributed by atoms with Crippen LogP contribution in [0.3, 0.4) is 0 Å². The number of epoxide rings is 2. The maximum atomic E-state index is 10.7. The lowest BCUT2D eigenvalue weighted by Gasteiger charge is -2.56. The highest BCUT2D eigenvalue weighted by Gasteiger charge is 2.84. The molecule has 3 aliphatic heterocycles. The van der Waals surface area contributed by atoms with E-state index in [0.717, 1.165) is 0 Å². The molecule has 4 heteroatoms. The van der Waals surface area contributed by atoms with Gasteiger partial charge in [-0.1, -0.05) is 19.9 Å². The molecule has 0 radical (unpaired) electrons. The van der Waals surface area contributed by atoms with Crippen molar-refractivity contribution < 1.29 is 19.3 Å². The molecule has 1 saturated carbocycles. The van der Waals surface area contributed by atoms with Crippen molar-refractivity contribution >= 4 is 0 Å². The highest BCUT2D eigenvalue weighted by molar-refractivity contribution is 5.38. The van der Waals surface area contributed by atoms with E-state index in [2.05, 4.69) is 26.8 Å². The number of aliphatic hydroxyl groups excluding tert-OH is 1. The van der Waals surface area contributed by atoms with Gasteiger partial charge in [0, 0.05) is 17.3 Å². The topological polar surface area (TPSA) is 54.5 Å². The van der Waals surface area contributed by atoms with Crippen molar-refractivity contribution in [2.24, 2.45) is 10.8 Å². The first-order chi connectivity index (χ1) is 8.95. The largest absolute Gasteiger partial charge is 0.392 e. The molecule has 0 aromatic carbocycles. The summed E-state index contributed by atoms with van der Waals surface area (Å²) in [6.45, 7) is 7.24. The summed E-state index contributed by atoms with van der Waals surface area (Å²) in [6, 6.07) is 0. The molecule has 2 bridgehead atoms. The molecule has 0 aromatic rings. The first-order valence-electron chi connectivity index (χ1n) is 7.26. The van der Waals surface area contributed by atoms with Gasteiger partial charge >= 0.3 is 0 Å². The molecule has 4 nitrogen and oxygen atoms in total. The van der Waals surface area contributed by atoms with Crippen LogP contribution in [0.5, 0.6) is 0 Å². The lowest BCUT2D eigenvalue weighted by molar-refractivity contribution is -0.207. The van der Waals surface area contributed by atoms with Crippen molar-refractivity contribution in [2.75, 3.05) is 6.61 Å². The molecule has 1 N–H and O–H groups in total. The number of aliphatic hydroxyl groups is 1. The van der Waals surface area contributed by atoms with Gasteiger partial charge in [0.1, 0.15) is 11.7 Å². The van der Waals surface area contributed by atoms with Crippen molar-refractivity contribution in [3.8, 4) is 0 Å². The summed E-state index contributed by atoms with van der Waals surface area (Å²) in [5.74, 6) is 0. The Labute approximate surface area is 112 Å². The van der Waals surface area contributed by atoms with E-state index < -0.39 is 0 Å². The van der Waals surface area contributed by atoms with Gasteiger partial charge < -0.3 is 19.3 Å². The molecule has 3 saturated heterocycles. The molecule has 19 heavy (non-hydrogen) atoms.